The Bertz CT molecular complexity index is 851. The maximum absolute atomic E-state index is 12.3. The second-order valence-electron chi connectivity index (χ2n) is 6.01. The zero-order chi connectivity index (χ0) is 19.2. The van der Waals surface area contributed by atoms with E-state index < -0.39 is 10.0 Å². The molecule has 2 amide bonds. The second kappa shape index (κ2) is 8.77. The highest BCUT2D eigenvalue weighted by molar-refractivity contribution is 7.89. The zero-order valence-electron chi connectivity index (χ0n) is 15.2. The number of aryl methyl sites for hydroxylation is 1. The third-order valence-corrected chi connectivity index (χ3v) is 5.33. The molecule has 0 fully saturated rings. The van der Waals surface area contributed by atoms with E-state index in [-0.39, 0.29) is 10.9 Å². The van der Waals surface area contributed by atoms with Gasteiger partial charge >= 0.3 is 6.03 Å². The summed E-state index contributed by atoms with van der Waals surface area (Å²) < 4.78 is 26.6. The van der Waals surface area contributed by atoms with Crippen LogP contribution in [0.15, 0.2) is 47.6 Å². The summed E-state index contributed by atoms with van der Waals surface area (Å²) in [6.07, 6.45) is 4.17. The molecule has 0 aliphatic rings. The lowest BCUT2D eigenvalue weighted by Crippen LogP contribution is -2.31. The molecule has 0 unspecified atom stereocenters. The predicted molar refractivity (Wildman–Crippen MR) is 101 cm³/mol. The van der Waals surface area contributed by atoms with E-state index in [9.17, 15) is 13.2 Å². The molecule has 1 aromatic carbocycles. The minimum atomic E-state index is -3.51. The zero-order valence-corrected chi connectivity index (χ0v) is 16.0. The van der Waals surface area contributed by atoms with E-state index in [1.54, 1.807) is 36.5 Å². The molecule has 2 N–H and O–H groups in total. The van der Waals surface area contributed by atoms with E-state index in [0.29, 0.717) is 18.8 Å². The van der Waals surface area contributed by atoms with Gasteiger partial charge in [0.2, 0.25) is 10.0 Å². The van der Waals surface area contributed by atoms with Gasteiger partial charge in [-0.3, -0.25) is 4.98 Å². The van der Waals surface area contributed by atoms with Crippen LogP contribution in [0.1, 0.15) is 24.5 Å². The van der Waals surface area contributed by atoms with Gasteiger partial charge in [0, 0.05) is 38.2 Å². The number of pyridine rings is 1. The van der Waals surface area contributed by atoms with E-state index in [2.05, 4.69) is 15.0 Å². The number of amides is 2. The van der Waals surface area contributed by atoms with Crippen molar-refractivity contribution < 1.29 is 13.2 Å². The Morgan fingerprint density at radius 1 is 1.19 bits per heavy atom. The number of carbonyl (C=O) groups excluding carboxylic acids is 1. The standard InChI is InChI=1S/C18H24N4O3S/c1-4-10-20-26(24,25)17-7-5-16(6-8-17)21-18(23)22(3)13-15-9-11-19-12-14(15)2/h5-9,11-12,20H,4,10,13H2,1-3H3,(H,21,23). The number of carbonyl (C=O) groups is 1. The Balaban J connectivity index is 2.00. The molecule has 2 rings (SSSR count). The SMILES string of the molecule is CCCNS(=O)(=O)c1ccc(NC(=O)N(C)Cc2ccncc2C)cc1. The Morgan fingerprint density at radius 2 is 1.88 bits per heavy atom. The number of nitrogens with one attached hydrogen (secondary N) is 2. The van der Waals surface area contributed by atoms with Gasteiger partial charge in [-0.2, -0.15) is 0 Å². The van der Waals surface area contributed by atoms with E-state index in [1.165, 1.54) is 12.1 Å². The quantitative estimate of drug-likeness (QED) is 0.777. The number of nitrogens with zero attached hydrogens (tertiary/aromatic N) is 2. The smallest absolute Gasteiger partial charge is 0.321 e. The van der Waals surface area contributed by atoms with Crippen LogP contribution in [0.25, 0.3) is 0 Å². The Hall–Kier alpha value is -2.45. The van der Waals surface area contributed by atoms with Gasteiger partial charge in [-0.1, -0.05) is 6.92 Å². The van der Waals surface area contributed by atoms with Crippen molar-refractivity contribution in [1.82, 2.24) is 14.6 Å². The van der Waals surface area contributed by atoms with Crippen LogP contribution in [0.4, 0.5) is 10.5 Å². The summed E-state index contributed by atoms with van der Waals surface area (Å²) in [4.78, 5) is 18.1. The normalized spacial score (nSPS) is 11.2. The average Bonchev–Trinajstić information content (AvgIpc) is 2.62. The van der Waals surface area contributed by atoms with Gasteiger partial charge in [0.1, 0.15) is 0 Å². The summed E-state index contributed by atoms with van der Waals surface area (Å²) in [5.74, 6) is 0. The highest BCUT2D eigenvalue weighted by Gasteiger charge is 2.14. The number of urea groups is 1. The van der Waals surface area contributed by atoms with Crippen molar-refractivity contribution in [3.63, 3.8) is 0 Å². The molecule has 1 aromatic heterocycles. The van der Waals surface area contributed by atoms with Crippen molar-refractivity contribution in [3.8, 4) is 0 Å². The van der Waals surface area contributed by atoms with Crippen molar-refractivity contribution in [2.24, 2.45) is 0 Å². The van der Waals surface area contributed by atoms with Crippen LogP contribution in [0, 0.1) is 6.92 Å². The molecule has 0 aliphatic carbocycles. The first kappa shape index (κ1) is 19.9. The van der Waals surface area contributed by atoms with Crippen LogP contribution in [-0.2, 0) is 16.6 Å². The van der Waals surface area contributed by atoms with Crippen LogP contribution >= 0.6 is 0 Å². The van der Waals surface area contributed by atoms with Gasteiger partial charge in [-0.15, -0.1) is 0 Å². The summed E-state index contributed by atoms with van der Waals surface area (Å²) in [6.45, 7) is 4.68. The molecule has 0 aliphatic heterocycles. The molecule has 0 saturated carbocycles. The lowest BCUT2D eigenvalue weighted by Gasteiger charge is -2.19. The van der Waals surface area contributed by atoms with E-state index in [1.807, 2.05) is 19.9 Å². The first-order valence-electron chi connectivity index (χ1n) is 8.35. The molecule has 0 radical (unpaired) electrons. The van der Waals surface area contributed by atoms with Gasteiger partial charge in [-0.05, 0) is 54.8 Å². The van der Waals surface area contributed by atoms with Crippen LogP contribution in [-0.4, -0.2) is 37.9 Å². The Labute approximate surface area is 154 Å². The summed E-state index contributed by atoms with van der Waals surface area (Å²) in [7, 11) is -1.81. The first-order chi connectivity index (χ1) is 12.3. The largest absolute Gasteiger partial charge is 0.323 e. The minimum Gasteiger partial charge on any atom is -0.323 e. The maximum atomic E-state index is 12.3. The molecule has 0 spiro atoms. The number of hydrogen-bond acceptors (Lipinski definition) is 4. The molecule has 1 heterocycles. The minimum absolute atomic E-state index is 0.171. The molecular formula is C18H24N4O3S. The predicted octanol–water partition coefficient (Wildman–Crippen LogP) is 2.74. The van der Waals surface area contributed by atoms with Gasteiger partial charge in [0.05, 0.1) is 4.90 Å². The average molecular weight is 376 g/mol. The first-order valence-corrected chi connectivity index (χ1v) is 9.83. The maximum Gasteiger partial charge on any atom is 0.321 e. The van der Waals surface area contributed by atoms with Crippen molar-refractivity contribution in [3.05, 3.63) is 53.9 Å². The number of sulfonamides is 1. The summed E-state index contributed by atoms with van der Waals surface area (Å²) >= 11 is 0. The van der Waals surface area contributed by atoms with Crippen LogP contribution in [0.3, 0.4) is 0 Å². The fourth-order valence-electron chi connectivity index (χ4n) is 2.26. The van der Waals surface area contributed by atoms with Gasteiger partial charge in [-0.25, -0.2) is 17.9 Å². The number of rotatable bonds is 7. The molecule has 8 heteroatoms. The number of benzene rings is 1. The topological polar surface area (TPSA) is 91.4 Å². The van der Waals surface area contributed by atoms with Crippen LogP contribution in [0.2, 0.25) is 0 Å². The van der Waals surface area contributed by atoms with Gasteiger partial charge in [0.25, 0.3) is 0 Å². The number of hydrogen-bond donors (Lipinski definition) is 2. The number of aromatic nitrogens is 1. The highest BCUT2D eigenvalue weighted by Crippen LogP contribution is 2.15. The van der Waals surface area contributed by atoms with Crippen molar-refractivity contribution in [2.45, 2.75) is 31.7 Å². The third-order valence-electron chi connectivity index (χ3n) is 3.85. The van der Waals surface area contributed by atoms with Crippen molar-refractivity contribution >= 4 is 21.7 Å². The Kier molecular flexibility index (Phi) is 6.70. The molecule has 0 saturated heterocycles. The fraction of sp³-hybridized carbons (Fsp3) is 0.333. The van der Waals surface area contributed by atoms with Crippen molar-refractivity contribution in [2.75, 3.05) is 18.9 Å². The summed E-state index contributed by atoms with van der Waals surface area (Å²) in [6, 6.07) is 7.69. The second-order valence-corrected chi connectivity index (χ2v) is 7.78. The number of anilines is 1. The molecule has 2 aromatic rings. The monoisotopic (exact) mass is 376 g/mol. The fourth-order valence-corrected chi connectivity index (χ4v) is 3.40. The molecule has 7 nitrogen and oxygen atoms in total. The highest BCUT2D eigenvalue weighted by atomic mass is 32.2. The van der Waals surface area contributed by atoms with Crippen LogP contribution in [0.5, 0.6) is 0 Å². The van der Waals surface area contributed by atoms with E-state index >= 15 is 0 Å². The van der Waals surface area contributed by atoms with Gasteiger partial charge in [0.15, 0.2) is 0 Å². The van der Waals surface area contributed by atoms with Gasteiger partial charge < -0.3 is 10.2 Å². The summed E-state index contributed by atoms with van der Waals surface area (Å²) in [5, 5.41) is 2.76. The molecular weight excluding hydrogens is 352 g/mol. The third kappa shape index (κ3) is 5.27. The summed E-state index contributed by atoms with van der Waals surface area (Å²) in [5.41, 5.74) is 2.56. The molecule has 26 heavy (non-hydrogen) atoms. The van der Waals surface area contributed by atoms with E-state index in [4.69, 9.17) is 0 Å². The van der Waals surface area contributed by atoms with Crippen LogP contribution < -0.4 is 10.0 Å². The van der Waals surface area contributed by atoms with Crippen molar-refractivity contribution in [1.29, 1.82) is 0 Å². The molecule has 0 atom stereocenters. The lowest BCUT2D eigenvalue weighted by atomic mass is 10.1. The molecule has 140 valence electrons. The van der Waals surface area contributed by atoms with E-state index in [0.717, 1.165) is 17.5 Å². The lowest BCUT2D eigenvalue weighted by molar-refractivity contribution is 0.220. The molecule has 0 bridgehead atoms. The Morgan fingerprint density at radius 3 is 2.50 bits per heavy atom.